The maximum atomic E-state index is 13.4. The molecule has 1 atom stereocenters. The van der Waals surface area contributed by atoms with Crippen LogP contribution in [0.25, 0.3) is 22.3 Å². The van der Waals surface area contributed by atoms with Crippen LogP contribution in [-0.2, 0) is 17.8 Å². The van der Waals surface area contributed by atoms with Crippen molar-refractivity contribution in [1.29, 1.82) is 0 Å². The van der Waals surface area contributed by atoms with Crippen LogP contribution in [0.3, 0.4) is 0 Å². The van der Waals surface area contributed by atoms with Crippen molar-refractivity contribution in [3.63, 3.8) is 0 Å². The molecule has 4 aromatic rings. The van der Waals surface area contributed by atoms with Gasteiger partial charge in [0.1, 0.15) is 11.3 Å². The quantitative estimate of drug-likeness (QED) is 0.364. The summed E-state index contributed by atoms with van der Waals surface area (Å²) in [5.74, 6) is 0.307. The second-order valence-electron chi connectivity index (χ2n) is 9.53. The molecular weight excluding hydrogens is 484 g/mol. The molecule has 0 spiro atoms. The van der Waals surface area contributed by atoms with Crippen LogP contribution >= 0.6 is 0 Å². The Morgan fingerprint density at radius 3 is 2.61 bits per heavy atom. The number of nitrogens with zero attached hydrogens (tertiary/aromatic N) is 5. The van der Waals surface area contributed by atoms with E-state index >= 15 is 0 Å². The number of hydrogen-bond acceptors (Lipinski definition) is 6. The number of rotatable bonds is 9. The fourth-order valence-corrected chi connectivity index (χ4v) is 4.93. The van der Waals surface area contributed by atoms with Crippen LogP contribution in [0.5, 0.6) is 0 Å². The van der Waals surface area contributed by atoms with Crippen molar-refractivity contribution in [3.05, 3.63) is 75.3 Å². The van der Waals surface area contributed by atoms with Crippen molar-refractivity contribution < 1.29 is 9.53 Å². The minimum atomic E-state index is -0.320. The molecule has 1 amide bonds. The first-order valence-corrected chi connectivity index (χ1v) is 13.2. The van der Waals surface area contributed by atoms with Gasteiger partial charge in [0.25, 0.3) is 11.5 Å². The van der Waals surface area contributed by atoms with Gasteiger partial charge in [-0.3, -0.25) is 28.6 Å². The highest BCUT2D eigenvalue weighted by Crippen LogP contribution is 2.25. The van der Waals surface area contributed by atoms with E-state index in [1.54, 1.807) is 46.3 Å². The van der Waals surface area contributed by atoms with E-state index in [9.17, 15) is 14.4 Å². The summed E-state index contributed by atoms with van der Waals surface area (Å²) in [5.41, 5.74) is 2.28. The summed E-state index contributed by atoms with van der Waals surface area (Å²) in [6.45, 7) is 5.91. The van der Waals surface area contributed by atoms with Crippen molar-refractivity contribution in [3.8, 4) is 11.3 Å². The zero-order valence-electron chi connectivity index (χ0n) is 21.7. The minimum absolute atomic E-state index is 0.0496. The number of H-pyrrole nitrogens is 1. The van der Waals surface area contributed by atoms with Gasteiger partial charge >= 0.3 is 5.69 Å². The van der Waals surface area contributed by atoms with Crippen LogP contribution in [0.2, 0.25) is 0 Å². The largest absolute Gasteiger partial charge is 0.376 e. The van der Waals surface area contributed by atoms with Gasteiger partial charge in [-0.1, -0.05) is 13.8 Å². The molecule has 1 fully saturated rings. The predicted octanol–water partition coefficient (Wildman–Crippen LogP) is 3.59. The lowest BCUT2D eigenvalue weighted by Gasteiger charge is -2.24. The van der Waals surface area contributed by atoms with Crippen molar-refractivity contribution in [2.75, 3.05) is 18.1 Å². The Kier molecular flexibility index (Phi) is 7.50. The third kappa shape index (κ3) is 4.91. The molecule has 1 saturated heterocycles. The van der Waals surface area contributed by atoms with E-state index in [1.807, 2.05) is 26.0 Å². The average Bonchev–Trinajstić information content (AvgIpc) is 3.63. The summed E-state index contributed by atoms with van der Waals surface area (Å²) in [5, 5.41) is 0. The number of aromatic amines is 1. The van der Waals surface area contributed by atoms with Gasteiger partial charge in [0.2, 0.25) is 0 Å². The number of carbonyl (C=O) groups is 1. The number of nitrogens with one attached hydrogen (secondary N) is 1. The van der Waals surface area contributed by atoms with Gasteiger partial charge in [-0.05, 0) is 56.0 Å². The van der Waals surface area contributed by atoms with Crippen molar-refractivity contribution in [2.24, 2.45) is 0 Å². The van der Waals surface area contributed by atoms with Gasteiger partial charge in [0, 0.05) is 49.5 Å². The van der Waals surface area contributed by atoms with E-state index in [4.69, 9.17) is 4.74 Å². The molecule has 198 valence electrons. The van der Waals surface area contributed by atoms with E-state index in [1.165, 1.54) is 4.57 Å². The normalized spacial score (nSPS) is 15.3. The number of aryl methyl sites for hydroxylation is 1. The molecule has 1 N–H and O–H groups in total. The standard InChI is InChI=1S/C28H32N6O4/c1-3-12-32-23-15-22(31-25(23)27(36)33(13-4-2)28(32)37)19-9-10-24(30-17-19)34(18-21-8-6-14-38-21)26(35)20-7-5-11-29-16-20/h5,7,9-11,15-17,21,31H,3-4,6,8,12-14,18H2,1-2H3. The molecule has 4 aromatic heterocycles. The number of anilines is 1. The van der Waals surface area contributed by atoms with E-state index in [2.05, 4.69) is 15.0 Å². The van der Waals surface area contributed by atoms with E-state index in [-0.39, 0.29) is 23.3 Å². The van der Waals surface area contributed by atoms with Crippen LogP contribution < -0.4 is 16.1 Å². The molecule has 1 unspecified atom stereocenters. The molecule has 1 aliphatic heterocycles. The number of ether oxygens (including phenoxy) is 1. The molecule has 10 heteroatoms. The van der Waals surface area contributed by atoms with E-state index in [0.29, 0.717) is 60.8 Å². The lowest BCUT2D eigenvalue weighted by molar-refractivity contribution is 0.0915. The molecule has 0 radical (unpaired) electrons. The highest BCUT2D eigenvalue weighted by molar-refractivity contribution is 6.05. The zero-order valence-corrected chi connectivity index (χ0v) is 21.7. The summed E-state index contributed by atoms with van der Waals surface area (Å²) in [6.07, 6.45) is 8.11. The Bertz CT molecular complexity index is 1530. The molecule has 5 heterocycles. The van der Waals surface area contributed by atoms with Gasteiger partial charge in [-0.25, -0.2) is 9.78 Å². The minimum Gasteiger partial charge on any atom is -0.376 e. The summed E-state index contributed by atoms with van der Waals surface area (Å²) >= 11 is 0. The molecule has 1 aliphatic rings. The molecule has 0 saturated carbocycles. The number of fused-ring (bicyclic) bond motifs is 1. The van der Waals surface area contributed by atoms with Crippen molar-refractivity contribution in [2.45, 2.75) is 58.7 Å². The number of aromatic nitrogens is 5. The molecule has 0 aromatic carbocycles. The monoisotopic (exact) mass is 516 g/mol. The second-order valence-corrected chi connectivity index (χ2v) is 9.53. The number of amides is 1. The Balaban J connectivity index is 1.51. The Hall–Kier alpha value is -4.05. The molecule has 10 nitrogen and oxygen atoms in total. The molecule has 0 bridgehead atoms. The topological polar surface area (TPSA) is 115 Å². The predicted molar refractivity (Wildman–Crippen MR) is 146 cm³/mol. The van der Waals surface area contributed by atoms with E-state index in [0.717, 1.165) is 24.8 Å². The third-order valence-corrected chi connectivity index (χ3v) is 6.80. The van der Waals surface area contributed by atoms with Gasteiger partial charge in [-0.2, -0.15) is 0 Å². The smallest absolute Gasteiger partial charge is 0.331 e. The van der Waals surface area contributed by atoms with Crippen LogP contribution in [-0.4, -0.2) is 49.2 Å². The lowest BCUT2D eigenvalue weighted by Crippen LogP contribution is -2.39. The SMILES string of the molecule is CCCn1c(=O)c2[nH]c(-c3ccc(N(CC4CCCO4)C(=O)c4cccnc4)nc3)cc2n(CCC)c1=O. The molecule has 38 heavy (non-hydrogen) atoms. The summed E-state index contributed by atoms with van der Waals surface area (Å²) in [7, 11) is 0. The Labute approximate surface area is 219 Å². The van der Waals surface area contributed by atoms with Crippen molar-refractivity contribution >= 4 is 22.8 Å². The van der Waals surface area contributed by atoms with Gasteiger partial charge in [0.05, 0.1) is 23.7 Å². The fourth-order valence-electron chi connectivity index (χ4n) is 4.93. The van der Waals surface area contributed by atoms with Crippen molar-refractivity contribution in [1.82, 2.24) is 24.1 Å². The van der Waals surface area contributed by atoms with Crippen LogP contribution in [0.4, 0.5) is 5.82 Å². The molecular formula is C28H32N6O4. The molecule has 0 aliphatic carbocycles. The highest BCUT2D eigenvalue weighted by Gasteiger charge is 2.26. The van der Waals surface area contributed by atoms with Gasteiger partial charge in [0.15, 0.2) is 0 Å². The fraction of sp³-hybridized carbons (Fsp3) is 0.393. The van der Waals surface area contributed by atoms with Gasteiger partial charge in [-0.15, -0.1) is 0 Å². The zero-order chi connectivity index (χ0) is 26.6. The number of pyridine rings is 2. The number of carbonyl (C=O) groups excluding carboxylic acids is 1. The third-order valence-electron chi connectivity index (χ3n) is 6.80. The van der Waals surface area contributed by atoms with Crippen LogP contribution in [0.1, 0.15) is 49.9 Å². The maximum absolute atomic E-state index is 13.4. The lowest BCUT2D eigenvalue weighted by atomic mass is 10.1. The highest BCUT2D eigenvalue weighted by atomic mass is 16.5. The van der Waals surface area contributed by atoms with E-state index < -0.39 is 0 Å². The van der Waals surface area contributed by atoms with Gasteiger partial charge < -0.3 is 9.72 Å². The van der Waals surface area contributed by atoms with Crippen LogP contribution in [0, 0.1) is 0 Å². The average molecular weight is 517 g/mol. The maximum Gasteiger partial charge on any atom is 0.331 e. The number of hydrogen-bond donors (Lipinski definition) is 1. The first-order chi connectivity index (χ1) is 18.5. The Morgan fingerprint density at radius 2 is 1.95 bits per heavy atom. The summed E-state index contributed by atoms with van der Waals surface area (Å²) in [4.78, 5) is 53.0. The summed E-state index contributed by atoms with van der Waals surface area (Å²) in [6, 6.07) is 8.94. The second kappa shape index (κ2) is 11.1. The first-order valence-electron chi connectivity index (χ1n) is 13.2. The molecule has 5 rings (SSSR count). The first kappa shape index (κ1) is 25.6. The summed E-state index contributed by atoms with van der Waals surface area (Å²) < 4.78 is 8.75. The van der Waals surface area contributed by atoms with Crippen LogP contribution in [0.15, 0.2) is 58.5 Å². The Morgan fingerprint density at radius 1 is 1.13 bits per heavy atom.